The highest BCUT2D eigenvalue weighted by atomic mass is 35.5. The first kappa shape index (κ1) is 8.78. The molecule has 0 aliphatic heterocycles. The van der Waals surface area contributed by atoms with Crippen molar-refractivity contribution in [3.63, 3.8) is 0 Å². The van der Waals surface area contributed by atoms with Crippen molar-refractivity contribution in [3.8, 4) is 10.8 Å². The van der Waals surface area contributed by atoms with Crippen molar-refractivity contribution in [1.82, 2.24) is 4.98 Å². The molecule has 0 radical (unpaired) electrons. The van der Waals surface area contributed by atoms with E-state index < -0.39 is 0 Å². The highest BCUT2D eigenvalue weighted by molar-refractivity contribution is 7.13. The lowest BCUT2D eigenvalue weighted by Crippen LogP contribution is -1.78. The summed E-state index contributed by atoms with van der Waals surface area (Å²) in [6.07, 6.45) is 1.67. The summed E-state index contributed by atoms with van der Waals surface area (Å²) in [7, 11) is 0. The number of hydrogen-bond donors (Lipinski definition) is 0. The molecule has 2 rings (SSSR count). The van der Waals surface area contributed by atoms with E-state index in [0.717, 1.165) is 22.0 Å². The maximum Gasteiger partial charge on any atom is 0.165 e. The monoisotopic (exact) mass is 213 g/mol. The maximum atomic E-state index is 5.65. The second kappa shape index (κ2) is 3.52. The number of rotatable bonds is 2. The number of aromatic nitrogens is 1. The van der Waals surface area contributed by atoms with Crippen LogP contribution in [-0.2, 0) is 5.88 Å². The van der Waals surface area contributed by atoms with E-state index in [2.05, 4.69) is 4.98 Å². The quantitative estimate of drug-likeness (QED) is 0.715. The van der Waals surface area contributed by atoms with Crippen molar-refractivity contribution in [1.29, 1.82) is 0 Å². The third-order valence-electron chi connectivity index (χ3n) is 1.74. The van der Waals surface area contributed by atoms with E-state index in [9.17, 15) is 0 Å². The topological polar surface area (TPSA) is 26.0 Å². The SMILES string of the molecule is Cc1ccoc1-c1nc(CCl)cs1. The molecule has 2 nitrogen and oxygen atoms in total. The zero-order valence-electron chi connectivity index (χ0n) is 7.08. The van der Waals surface area contributed by atoms with Crippen LogP contribution in [0.3, 0.4) is 0 Å². The van der Waals surface area contributed by atoms with E-state index in [1.165, 1.54) is 0 Å². The third-order valence-corrected chi connectivity index (χ3v) is 2.91. The molecule has 0 aromatic carbocycles. The lowest BCUT2D eigenvalue weighted by molar-refractivity contribution is 0.580. The molecule has 4 heteroatoms. The first-order valence-corrected chi connectivity index (χ1v) is 5.27. The van der Waals surface area contributed by atoms with Crippen LogP contribution in [0.5, 0.6) is 0 Å². The molecule has 0 amide bonds. The van der Waals surface area contributed by atoms with Gasteiger partial charge < -0.3 is 4.42 Å². The normalized spacial score (nSPS) is 10.6. The molecule has 0 atom stereocenters. The van der Waals surface area contributed by atoms with E-state index >= 15 is 0 Å². The number of aryl methyl sites for hydroxylation is 1. The lowest BCUT2D eigenvalue weighted by atomic mass is 10.3. The zero-order valence-corrected chi connectivity index (χ0v) is 8.65. The summed E-state index contributed by atoms with van der Waals surface area (Å²) in [5, 5.41) is 2.85. The lowest BCUT2D eigenvalue weighted by Gasteiger charge is -1.90. The Morgan fingerprint density at radius 3 is 3.00 bits per heavy atom. The van der Waals surface area contributed by atoms with Crippen molar-refractivity contribution >= 4 is 22.9 Å². The van der Waals surface area contributed by atoms with Crippen LogP contribution in [0.15, 0.2) is 22.1 Å². The molecule has 0 aliphatic carbocycles. The van der Waals surface area contributed by atoms with Crippen LogP contribution in [0.2, 0.25) is 0 Å². The summed E-state index contributed by atoms with van der Waals surface area (Å²) in [5.41, 5.74) is 2.01. The number of furan rings is 1. The van der Waals surface area contributed by atoms with Gasteiger partial charge in [0.15, 0.2) is 10.8 Å². The molecule has 0 saturated heterocycles. The average Bonchev–Trinajstić information content (AvgIpc) is 2.71. The molecule has 0 saturated carbocycles. The molecule has 2 heterocycles. The number of alkyl halides is 1. The van der Waals surface area contributed by atoms with Gasteiger partial charge >= 0.3 is 0 Å². The van der Waals surface area contributed by atoms with Crippen molar-refractivity contribution in [2.75, 3.05) is 0 Å². The average molecular weight is 214 g/mol. The molecule has 2 aromatic rings. The van der Waals surface area contributed by atoms with E-state index in [1.807, 2.05) is 18.4 Å². The first-order valence-electron chi connectivity index (χ1n) is 3.86. The molecule has 0 N–H and O–H groups in total. The fourth-order valence-electron chi connectivity index (χ4n) is 1.06. The van der Waals surface area contributed by atoms with Crippen molar-refractivity contribution in [3.05, 3.63) is 29.0 Å². The minimum Gasteiger partial charge on any atom is -0.462 e. The van der Waals surface area contributed by atoms with Crippen LogP contribution in [0, 0.1) is 6.92 Å². The second-order valence-corrected chi connectivity index (χ2v) is 3.84. The molecular weight excluding hydrogens is 206 g/mol. The van der Waals surface area contributed by atoms with Crippen LogP contribution in [0.25, 0.3) is 10.8 Å². The van der Waals surface area contributed by atoms with E-state index in [1.54, 1.807) is 17.6 Å². The van der Waals surface area contributed by atoms with Crippen LogP contribution in [0.4, 0.5) is 0 Å². The van der Waals surface area contributed by atoms with Crippen LogP contribution in [0.1, 0.15) is 11.3 Å². The molecule has 2 aromatic heterocycles. The van der Waals surface area contributed by atoms with Gasteiger partial charge in [-0.05, 0) is 18.6 Å². The van der Waals surface area contributed by atoms with Gasteiger partial charge in [-0.15, -0.1) is 22.9 Å². The molecule has 13 heavy (non-hydrogen) atoms. The highest BCUT2D eigenvalue weighted by Gasteiger charge is 2.09. The Labute approximate surface area is 85.2 Å². The molecular formula is C9H8ClNOS. The fraction of sp³-hybridized carbons (Fsp3) is 0.222. The number of hydrogen-bond acceptors (Lipinski definition) is 3. The Morgan fingerprint density at radius 1 is 1.62 bits per heavy atom. The van der Waals surface area contributed by atoms with Gasteiger partial charge in [0.05, 0.1) is 17.8 Å². The van der Waals surface area contributed by atoms with Crippen molar-refractivity contribution in [2.45, 2.75) is 12.8 Å². The van der Waals surface area contributed by atoms with Gasteiger partial charge in [0.2, 0.25) is 0 Å². The van der Waals surface area contributed by atoms with E-state index in [-0.39, 0.29) is 0 Å². The van der Waals surface area contributed by atoms with E-state index in [4.69, 9.17) is 16.0 Å². The maximum absolute atomic E-state index is 5.65. The second-order valence-electron chi connectivity index (χ2n) is 2.71. The van der Waals surface area contributed by atoms with Gasteiger partial charge in [-0.25, -0.2) is 4.98 Å². The van der Waals surface area contributed by atoms with Gasteiger partial charge in [-0.3, -0.25) is 0 Å². The molecule has 68 valence electrons. The van der Waals surface area contributed by atoms with Gasteiger partial charge in [0.25, 0.3) is 0 Å². The van der Waals surface area contributed by atoms with Crippen molar-refractivity contribution in [2.24, 2.45) is 0 Å². The number of nitrogens with zero attached hydrogens (tertiary/aromatic N) is 1. The zero-order chi connectivity index (χ0) is 9.26. The predicted octanol–water partition coefficient (Wildman–Crippen LogP) is 3.45. The van der Waals surface area contributed by atoms with Gasteiger partial charge in [0, 0.05) is 5.38 Å². The molecule has 0 aliphatic rings. The van der Waals surface area contributed by atoms with Crippen LogP contribution >= 0.6 is 22.9 Å². The number of halogens is 1. The summed E-state index contributed by atoms with van der Waals surface area (Å²) in [5.74, 6) is 1.30. The summed E-state index contributed by atoms with van der Waals surface area (Å²) in [6, 6.07) is 1.93. The molecule has 0 unspecified atom stereocenters. The molecule has 0 bridgehead atoms. The highest BCUT2D eigenvalue weighted by Crippen LogP contribution is 2.27. The Kier molecular flexibility index (Phi) is 2.38. The Bertz CT molecular complexity index is 407. The first-order chi connectivity index (χ1) is 6.31. The predicted molar refractivity (Wildman–Crippen MR) is 54.1 cm³/mol. The minimum atomic E-state index is 0.455. The molecule has 0 fully saturated rings. The Balaban J connectivity index is 2.41. The van der Waals surface area contributed by atoms with E-state index in [0.29, 0.717) is 5.88 Å². The minimum absolute atomic E-state index is 0.455. The standard InChI is InChI=1S/C9H8ClNOS/c1-6-2-3-12-8(6)9-11-7(4-10)5-13-9/h2-3,5H,4H2,1H3. The largest absolute Gasteiger partial charge is 0.462 e. The third kappa shape index (κ3) is 1.62. The Hall–Kier alpha value is -0.800. The van der Waals surface area contributed by atoms with Gasteiger partial charge in [0.1, 0.15) is 0 Å². The van der Waals surface area contributed by atoms with Crippen LogP contribution in [-0.4, -0.2) is 4.98 Å². The summed E-state index contributed by atoms with van der Waals surface area (Å²) < 4.78 is 5.31. The smallest absolute Gasteiger partial charge is 0.165 e. The summed E-state index contributed by atoms with van der Waals surface area (Å²) >= 11 is 7.21. The summed E-state index contributed by atoms with van der Waals surface area (Å²) in [4.78, 5) is 4.32. The van der Waals surface area contributed by atoms with Crippen molar-refractivity contribution < 1.29 is 4.42 Å². The summed E-state index contributed by atoms with van der Waals surface area (Å²) in [6.45, 7) is 2.00. The fourth-order valence-corrected chi connectivity index (χ4v) is 2.16. The number of thiazole rings is 1. The van der Waals surface area contributed by atoms with Gasteiger partial charge in [-0.2, -0.15) is 0 Å². The van der Waals surface area contributed by atoms with Crippen LogP contribution < -0.4 is 0 Å². The van der Waals surface area contributed by atoms with Gasteiger partial charge in [-0.1, -0.05) is 0 Å². The molecule has 0 spiro atoms. The Morgan fingerprint density at radius 2 is 2.46 bits per heavy atom.